The summed E-state index contributed by atoms with van der Waals surface area (Å²) in [5.74, 6) is 0.265. The normalized spacial score (nSPS) is 11.2. The van der Waals surface area contributed by atoms with Gasteiger partial charge in [-0.2, -0.15) is 0 Å². The van der Waals surface area contributed by atoms with Crippen molar-refractivity contribution in [2.75, 3.05) is 0 Å². The van der Waals surface area contributed by atoms with Crippen LogP contribution in [0.4, 0.5) is 9.18 Å². The number of aromatic nitrogens is 3. The summed E-state index contributed by atoms with van der Waals surface area (Å²) < 4.78 is 13.3. The monoisotopic (exact) mass is 324 g/mol. The number of carbonyl (C=O) groups is 1. The van der Waals surface area contributed by atoms with Gasteiger partial charge in [-0.15, -0.1) is 0 Å². The number of fused-ring (bicyclic) bond motifs is 2. The van der Waals surface area contributed by atoms with Gasteiger partial charge in [0.25, 0.3) is 0 Å². The summed E-state index contributed by atoms with van der Waals surface area (Å²) in [6, 6.07) is 10.4. The molecule has 7 heteroatoms. The Morgan fingerprint density at radius 2 is 2.08 bits per heavy atom. The zero-order valence-corrected chi connectivity index (χ0v) is 12.4. The van der Waals surface area contributed by atoms with E-state index in [4.69, 9.17) is 5.11 Å². The fourth-order valence-corrected chi connectivity index (χ4v) is 2.81. The zero-order chi connectivity index (χ0) is 16.7. The lowest BCUT2D eigenvalue weighted by Crippen LogP contribution is -2.20. The van der Waals surface area contributed by atoms with Crippen molar-refractivity contribution in [2.45, 2.75) is 6.54 Å². The molecule has 6 nitrogen and oxygen atoms in total. The van der Waals surface area contributed by atoms with Crippen molar-refractivity contribution < 1.29 is 14.3 Å². The van der Waals surface area contributed by atoms with Gasteiger partial charge in [-0.25, -0.2) is 14.2 Å². The molecular formula is C17H13FN4O2. The summed E-state index contributed by atoms with van der Waals surface area (Å²) >= 11 is 0. The summed E-state index contributed by atoms with van der Waals surface area (Å²) in [5.41, 5.74) is 4.23. The molecule has 24 heavy (non-hydrogen) atoms. The first-order chi connectivity index (χ1) is 11.6. The molecule has 4 N–H and O–H groups in total. The lowest BCUT2D eigenvalue weighted by atomic mass is 10.0. The van der Waals surface area contributed by atoms with Crippen LogP contribution >= 0.6 is 0 Å². The molecule has 4 aromatic rings. The fourth-order valence-electron chi connectivity index (χ4n) is 2.81. The Labute approximate surface area is 135 Å². The van der Waals surface area contributed by atoms with Crippen molar-refractivity contribution in [1.29, 1.82) is 0 Å². The number of nitrogens with one attached hydrogen (secondary N) is 3. The molecule has 0 aliphatic carbocycles. The number of H-pyrrole nitrogens is 2. The highest BCUT2D eigenvalue weighted by Crippen LogP contribution is 2.30. The lowest BCUT2D eigenvalue weighted by Gasteiger charge is -2.00. The van der Waals surface area contributed by atoms with E-state index in [1.165, 1.54) is 12.1 Å². The average Bonchev–Trinajstić information content (AvgIpc) is 3.14. The van der Waals surface area contributed by atoms with Crippen molar-refractivity contribution in [3.63, 3.8) is 0 Å². The molecule has 0 bridgehead atoms. The van der Waals surface area contributed by atoms with Crippen molar-refractivity contribution in [3.05, 3.63) is 54.2 Å². The second-order valence-electron chi connectivity index (χ2n) is 5.47. The van der Waals surface area contributed by atoms with Crippen LogP contribution < -0.4 is 5.32 Å². The molecule has 120 valence electrons. The number of amides is 1. The van der Waals surface area contributed by atoms with Crippen LogP contribution in [-0.2, 0) is 6.54 Å². The summed E-state index contributed by atoms with van der Waals surface area (Å²) in [4.78, 5) is 21.1. The Hall–Kier alpha value is -3.35. The molecule has 0 unspecified atom stereocenters. The minimum Gasteiger partial charge on any atom is -0.465 e. The number of hydrogen-bond donors (Lipinski definition) is 4. The van der Waals surface area contributed by atoms with Crippen molar-refractivity contribution in [2.24, 2.45) is 0 Å². The Morgan fingerprint density at radius 3 is 2.92 bits per heavy atom. The third-order valence-corrected chi connectivity index (χ3v) is 3.89. The molecule has 0 aliphatic rings. The number of nitrogens with zero attached hydrogens (tertiary/aromatic N) is 1. The van der Waals surface area contributed by atoms with Gasteiger partial charge in [-0.3, -0.25) is 0 Å². The minimum absolute atomic E-state index is 0.117. The minimum atomic E-state index is -1.10. The van der Waals surface area contributed by atoms with Crippen molar-refractivity contribution in [1.82, 2.24) is 20.3 Å². The second kappa shape index (κ2) is 5.38. The summed E-state index contributed by atoms with van der Waals surface area (Å²) in [6.07, 6.45) is 0.747. The highest BCUT2D eigenvalue weighted by molar-refractivity contribution is 5.97. The van der Waals surface area contributed by atoms with Gasteiger partial charge >= 0.3 is 6.09 Å². The Balaban J connectivity index is 1.74. The third kappa shape index (κ3) is 2.45. The number of benzene rings is 2. The number of rotatable bonds is 3. The summed E-state index contributed by atoms with van der Waals surface area (Å²) in [7, 11) is 0. The van der Waals surface area contributed by atoms with Gasteiger partial charge in [-0.05, 0) is 35.9 Å². The molecule has 0 fully saturated rings. The number of carboxylic acid groups (broad SMARTS) is 1. The van der Waals surface area contributed by atoms with E-state index in [-0.39, 0.29) is 12.4 Å². The first-order valence-electron chi connectivity index (χ1n) is 7.32. The van der Waals surface area contributed by atoms with E-state index in [2.05, 4.69) is 20.3 Å². The van der Waals surface area contributed by atoms with Crippen LogP contribution in [0.3, 0.4) is 0 Å². The highest BCUT2D eigenvalue weighted by Gasteiger charge is 2.10. The summed E-state index contributed by atoms with van der Waals surface area (Å²) in [5, 5.41) is 11.9. The number of hydrogen-bond acceptors (Lipinski definition) is 2. The second-order valence-corrected chi connectivity index (χ2v) is 5.47. The van der Waals surface area contributed by atoms with Crippen molar-refractivity contribution in [3.8, 4) is 11.1 Å². The van der Waals surface area contributed by atoms with Gasteiger partial charge < -0.3 is 20.4 Å². The van der Waals surface area contributed by atoms with Crippen LogP contribution in [0.15, 0.2) is 42.6 Å². The number of aromatic amines is 2. The predicted octanol–water partition coefficient (Wildman–Crippen LogP) is 3.62. The first-order valence-corrected chi connectivity index (χ1v) is 7.32. The number of halogens is 1. The molecule has 2 aromatic heterocycles. The molecule has 0 aliphatic heterocycles. The van der Waals surface area contributed by atoms with E-state index in [1.807, 2.05) is 24.4 Å². The highest BCUT2D eigenvalue weighted by atomic mass is 19.1. The number of imidazole rings is 1. The molecule has 0 atom stereocenters. The van der Waals surface area contributed by atoms with E-state index in [1.54, 1.807) is 6.07 Å². The van der Waals surface area contributed by atoms with E-state index < -0.39 is 6.09 Å². The predicted molar refractivity (Wildman–Crippen MR) is 88.2 cm³/mol. The van der Waals surface area contributed by atoms with Crippen LogP contribution in [0.2, 0.25) is 0 Å². The van der Waals surface area contributed by atoms with E-state index in [9.17, 15) is 9.18 Å². The zero-order valence-electron chi connectivity index (χ0n) is 12.4. The molecular weight excluding hydrogens is 311 g/mol. The molecule has 0 spiro atoms. The molecule has 2 heterocycles. The van der Waals surface area contributed by atoms with Crippen LogP contribution in [-0.4, -0.2) is 26.2 Å². The van der Waals surface area contributed by atoms with Crippen LogP contribution in [0.1, 0.15) is 5.82 Å². The molecule has 4 rings (SSSR count). The first kappa shape index (κ1) is 14.3. The Morgan fingerprint density at radius 1 is 1.21 bits per heavy atom. The maximum absolute atomic E-state index is 13.3. The van der Waals surface area contributed by atoms with Gasteiger partial charge in [0, 0.05) is 22.7 Å². The molecule has 1 amide bonds. The smallest absolute Gasteiger partial charge is 0.405 e. The van der Waals surface area contributed by atoms with Gasteiger partial charge in [0.2, 0.25) is 0 Å². The maximum atomic E-state index is 13.3. The van der Waals surface area contributed by atoms with E-state index >= 15 is 0 Å². The van der Waals surface area contributed by atoms with Crippen LogP contribution in [0, 0.1) is 5.82 Å². The molecule has 2 aromatic carbocycles. The van der Waals surface area contributed by atoms with Gasteiger partial charge in [0.1, 0.15) is 11.6 Å². The molecule has 0 radical (unpaired) electrons. The standard InChI is InChI=1S/C17H13FN4O2/c18-10-2-3-11-12(7-19-14(11)6-10)9-1-4-13-15(5-9)22-16(21-13)8-20-17(23)24/h1-7,19-20H,8H2,(H,21,22)(H,23,24). The average molecular weight is 324 g/mol. The van der Waals surface area contributed by atoms with E-state index in [0.717, 1.165) is 33.1 Å². The van der Waals surface area contributed by atoms with Crippen molar-refractivity contribution >= 4 is 28.0 Å². The maximum Gasteiger partial charge on any atom is 0.405 e. The molecule has 0 saturated carbocycles. The topological polar surface area (TPSA) is 93.8 Å². The third-order valence-electron chi connectivity index (χ3n) is 3.89. The summed E-state index contributed by atoms with van der Waals surface area (Å²) in [6.45, 7) is 0.117. The van der Waals surface area contributed by atoms with Gasteiger partial charge in [-0.1, -0.05) is 6.07 Å². The lowest BCUT2D eigenvalue weighted by molar-refractivity contribution is 0.193. The molecule has 0 saturated heterocycles. The quantitative estimate of drug-likeness (QED) is 0.463. The Kier molecular flexibility index (Phi) is 3.19. The fraction of sp³-hybridized carbons (Fsp3) is 0.0588. The van der Waals surface area contributed by atoms with E-state index in [0.29, 0.717) is 5.82 Å². The largest absolute Gasteiger partial charge is 0.465 e. The van der Waals surface area contributed by atoms with Gasteiger partial charge in [0.15, 0.2) is 0 Å². The van der Waals surface area contributed by atoms with Crippen LogP contribution in [0.5, 0.6) is 0 Å². The van der Waals surface area contributed by atoms with Crippen LogP contribution in [0.25, 0.3) is 33.1 Å². The van der Waals surface area contributed by atoms with Gasteiger partial charge in [0.05, 0.1) is 17.6 Å². The Bertz CT molecular complexity index is 1070. The SMILES string of the molecule is O=C(O)NCc1nc2ccc(-c3c[nH]c4cc(F)ccc34)cc2[nH]1.